The first kappa shape index (κ1) is 27.4. The SMILES string of the molecule is Cc1cc(C)cc(-c2c3ccccc3c(-c3ccc(-c4ccc5c(c4)c4ccccc4n5-c4ccccc4)cc3)c3ccccc23)c1. The van der Waals surface area contributed by atoms with Gasteiger partial charge in [-0.1, -0.05) is 145 Å². The van der Waals surface area contributed by atoms with Crippen LogP contribution in [0.15, 0.2) is 164 Å². The number of hydrogen-bond donors (Lipinski definition) is 0. The molecule has 0 aliphatic heterocycles. The van der Waals surface area contributed by atoms with Gasteiger partial charge in [-0.05, 0) is 99.1 Å². The molecule has 0 aliphatic carbocycles. The summed E-state index contributed by atoms with van der Waals surface area (Å²) in [5, 5.41) is 7.68. The second-order valence-electron chi connectivity index (χ2n) is 12.7. The Hall–Kier alpha value is -5.92. The number of aromatic nitrogens is 1. The Balaban J connectivity index is 1.20. The Morgan fingerprint density at radius 3 is 1.40 bits per heavy atom. The average molecular weight is 600 g/mol. The van der Waals surface area contributed by atoms with Gasteiger partial charge in [-0.2, -0.15) is 0 Å². The van der Waals surface area contributed by atoms with E-state index in [1.165, 1.54) is 93.5 Å². The third kappa shape index (κ3) is 4.47. The molecule has 0 saturated heterocycles. The summed E-state index contributed by atoms with van der Waals surface area (Å²) in [5.41, 5.74) is 13.8. The highest BCUT2D eigenvalue weighted by molar-refractivity contribution is 6.21. The predicted octanol–water partition coefficient (Wildman–Crippen LogP) is 12.7. The molecule has 1 heterocycles. The molecule has 9 aromatic rings. The van der Waals surface area contributed by atoms with E-state index in [2.05, 4.69) is 182 Å². The normalized spacial score (nSPS) is 11.6. The molecular formula is C46H33N. The van der Waals surface area contributed by atoms with Crippen LogP contribution < -0.4 is 0 Å². The van der Waals surface area contributed by atoms with Crippen molar-refractivity contribution < 1.29 is 0 Å². The monoisotopic (exact) mass is 599 g/mol. The molecule has 1 heteroatoms. The van der Waals surface area contributed by atoms with Gasteiger partial charge < -0.3 is 4.57 Å². The Kier molecular flexibility index (Phi) is 6.33. The van der Waals surface area contributed by atoms with Crippen molar-refractivity contribution in [2.24, 2.45) is 0 Å². The molecule has 8 aromatic carbocycles. The summed E-state index contributed by atoms with van der Waals surface area (Å²) in [6.45, 7) is 4.38. The second kappa shape index (κ2) is 10.9. The van der Waals surface area contributed by atoms with Gasteiger partial charge in [0.25, 0.3) is 0 Å². The Morgan fingerprint density at radius 2 is 0.787 bits per heavy atom. The van der Waals surface area contributed by atoms with Crippen LogP contribution in [0.25, 0.3) is 82.4 Å². The molecule has 222 valence electrons. The van der Waals surface area contributed by atoms with Crippen LogP contribution in [0.5, 0.6) is 0 Å². The molecule has 0 spiro atoms. The zero-order chi connectivity index (χ0) is 31.5. The van der Waals surface area contributed by atoms with Crippen LogP contribution in [0.2, 0.25) is 0 Å². The van der Waals surface area contributed by atoms with E-state index in [0.717, 1.165) is 0 Å². The molecule has 0 N–H and O–H groups in total. The number of fused-ring (bicyclic) bond motifs is 5. The van der Waals surface area contributed by atoms with Crippen molar-refractivity contribution in [1.29, 1.82) is 0 Å². The summed E-state index contributed by atoms with van der Waals surface area (Å²) in [5.74, 6) is 0. The second-order valence-corrected chi connectivity index (χ2v) is 12.7. The fourth-order valence-electron chi connectivity index (χ4n) is 7.71. The highest BCUT2D eigenvalue weighted by atomic mass is 15.0. The van der Waals surface area contributed by atoms with E-state index in [1.807, 2.05) is 0 Å². The van der Waals surface area contributed by atoms with E-state index >= 15 is 0 Å². The molecule has 0 saturated carbocycles. The van der Waals surface area contributed by atoms with E-state index in [-0.39, 0.29) is 0 Å². The minimum absolute atomic E-state index is 1.18. The zero-order valence-corrected chi connectivity index (χ0v) is 26.5. The van der Waals surface area contributed by atoms with Crippen molar-refractivity contribution in [3.63, 3.8) is 0 Å². The van der Waals surface area contributed by atoms with E-state index in [4.69, 9.17) is 0 Å². The largest absolute Gasteiger partial charge is 0.309 e. The smallest absolute Gasteiger partial charge is 0.0541 e. The summed E-state index contributed by atoms with van der Waals surface area (Å²) in [7, 11) is 0. The van der Waals surface area contributed by atoms with Crippen LogP contribution in [0, 0.1) is 13.8 Å². The summed E-state index contributed by atoms with van der Waals surface area (Å²) in [4.78, 5) is 0. The maximum atomic E-state index is 2.37. The van der Waals surface area contributed by atoms with Crippen molar-refractivity contribution in [3.8, 4) is 39.1 Å². The lowest BCUT2D eigenvalue weighted by Crippen LogP contribution is -1.93. The van der Waals surface area contributed by atoms with Gasteiger partial charge in [-0.15, -0.1) is 0 Å². The molecule has 0 aliphatic rings. The molecule has 9 rings (SSSR count). The number of hydrogen-bond acceptors (Lipinski definition) is 0. The van der Waals surface area contributed by atoms with Crippen LogP contribution in [0.4, 0.5) is 0 Å². The van der Waals surface area contributed by atoms with Gasteiger partial charge in [0, 0.05) is 16.5 Å². The number of nitrogens with zero attached hydrogens (tertiary/aromatic N) is 1. The van der Waals surface area contributed by atoms with Crippen LogP contribution in [0.1, 0.15) is 11.1 Å². The van der Waals surface area contributed by atoms with Crippen molar-refractivity contribution in [1.82, 2.24) is 4.57 Å². The highest BCUT2D eigenvalue weighted by Gasteiger charge is 2.17. The van der Waals surface area contributed by atoms with E-state index in [9.17, 15) is 0 Å². The first-order valence-electron chi connectivity index (χ1n) is 16.4. The van der Waals surface area contributed by atoms with Crippen molar-refractivity contribution in [3.05, 3.63) is 175 Å². The lowest BCUT2D eigenvalue weighted by molar-refractivity contribution is 1.18. The van der Waals surface area contributed by atoms with E-state index in [0.29, 0.717) is 0 Å². The Bertz CT molecular complexity index is 2540. The highest BCUT2D eigenvalue weighted by Crippen LogP contribution is 2.44. The van der Waals surface area contributed by atoms with Crippen molar-refractivity contribution in [2.45, 2.75) is 13.8 Å². The van der Waals surface area contributed by atoms with Gasteiger partial charge in [0.15, 0.2) is 0 Å². The molecule has 1 aromatic heterocycles. The maximum Gasteiger partial charge on any atom is 0.0541 e. The van der Waals surface area contributed by atoms with Gasteiger partial charge in [0.1, 0.15) is 0 Å². The van der Waals surface area contributed by atoms with Crippen molar-refractivity contribution in [2.75, 3.05) is 0 Å². The summed E-state index contributed by atoms with van der Waals surface area (Å²) < 4.78 is 2.37. The lowest BCUT2D eigenvalue weighted by atomic mass is 9.85. The molecule has 0 amide bonds. The molecule has 0 bridgehead atoms. The van der Waals surface area contributed by atoms with Gasteiger partial charge in [0.05, 0.1) is 11.0 Å². The summed E-state index contributed by atoms with van der Waals surface area (Å²) in [6, 6.07) is 60.2. The molecule has 0 unspecified atom stereocenters. The summed E-state index contributed by atoms with van der Waals surface area (Å²) in [6.07, 6.45) is 0. The molecular weight excluding hydrogens is 567 g/mol. The van der Waals surface area contributed by atoms with Gasteiger partial charge in [-0.3, -0.25) is 0 Å². The minimum atomic E-state index is 1.18. The first-order chi connectivity index (χ1) is 23.1. The van der Waals surface area contributed by atoms with E-state index in [1.54, 1.807) is 0 Å². The predicted molar refractivity (Wildman–Crippen MR) is 202 cm³/mol. The number of para-hydroxylation sites is 2. The fraction of sp³-hybridized carbons (Fsp3) is 0.0435. The molecule has 0 radical (unpaired) electrons. The number of rotatable bonds is 4. The van der Waals surface area contributed by atoms with Crippen LogP contribution in [0.3, 0.4) is 0 Å². The van der Waals surface area contributed by atoms with Crippen LogP contribution >= 0.6 is 0 Å². The van der Waals surface area contributed by atoms with Gasteiger partial charge in [-0.25, -0.2) is 0 Å². The lowest BCUT2D eigenvalue weighted by Gasteiger charge is -2.18. The Morgan fingerprint density at radius 1 is 0.319 bits per heavy atom. The summed E-state index contributed by atoms with van der Waals surface area (Å²) >= 11 is 0. The zero-order valence-electron chi connectivity index (χ0n) is 26.5. The molecule has 47 heavy (non-hydrogen) atoms. The molecule has 1 nitrogen and oxygen atoms in total. The Labute approximate surface area is 275 Å². The molecule has 0 atom stereocenters. The van der Waals surface area contributed by atoms with Crippen LogP contribution in [-0.4, -0.2) is 4.57 Å². The average Bonchev–Trinajstić information content (AvgIpc) is 3.44. The van der Waals surface area contributed by atoms with E-state index < -0.39 is 0 Å². The third-order valence-electron chi connectivity index (χ3n) is 9.64. The van der Waals surface area contributed by atoms with Crippen molar-refractivity contribution >= 4 is 43.4 Å². The third-order valence-corrected chi connectivity index (χ3v) is 9.64. The number of aryl methyl sites for hydroxylation is 2. The number of benzene rings is 8. The minimum Gasteiger partial charge on any atom is -0.309 e. The molecule has 0 fully saturated rings. The standard InChI is InChI=1S/C46H33N/c1-30-26-31(2)28-35(27-30)46-40-17-8-6-15-38(40)45(39-16-7-9-18-41(39)46)33-22-20-32(21-23-33)34-24-25-44-42(29-34)37-14-10-11-19-43(37)47(44)36-12-4-3-5-13-36/h3-29H,1-2H3. The van der Waals surface area contributed by atoms with Gasteiger partial charge in [0.2, 0.25) is 0 Å². The fourth-order valence-corrected chi connectivity index (χ4v) is 7.71. The van der Waals surface area contributed by atoms with Crippen LogP contribution in [-0.2, 0) is 0 Å². The van der Waals surface area contributed by atoms with Gasteiger partial charge >= 0.3 is 0 Å². The quantitative estimate of drug-likeness (QED) is 0.177. The topological polar surface area (TPSA) is 4.93 Å². The maximum absolute atomic E-state index is 2.37. The first-order valence-corrected chi connectivity index (χ1v) is 16.4.